The van der Waals surface area contributed by atoms with Crippen molar-refractivity contribution in [3.8, 4) is 11.5 Å². The monoisotopic (exact) mass is 569 g/mol. The summed E-state index contributed by atoms with van der Waals surface area (Å²) < 4.78 is 44.9. The van der Waals surface area contributed by atoms with Crippen LogP contribution in [0, 0.1) is 0 Å². The number of hydrogen-bond donors (Lipinski definition) is 2. The fraction of sp³-hybridized carbons (Fsp3) is 0.200. The molecule has 0 atom stereocenters. The summed E-state index contributed by atoms with van der Waals surface area (Å²) in [6.07, 6.45) is -2.02. The van der Waals surface area contributed by atoms with Crippen molar-refractivity contribution in [2.45, 2.75) is 19.5 Å². The zero-order valence-corrected chi connectivity index (χ0v) is 22.3. The Morgan fingerprint density at radius 1 is 1.02 bits per heavy atom. The lowest BCUT2D eigenvalue weighted by molar-refractivity contribution is -0.137. The third kappa shape index (κ3) is 7.04. The van der Waals surface area contributed by atoms with Crippen molar-refractivity contribution in [1.82, 2.24) is 5.43 Å². The number of phenolic OH excluding ortho intramolecular Hbond substituents is 1. The molecule has 0 heterocycles. The van der Waals surface area contributed by atoms with Crippen molar-refractivity contribution in [2.75, 3.05) is 24.6 Å². The normalized spacial score (nSPS) is 11.6. The Labute approximate surface area is 234 Å². The zero-order valence-electron chi connectivity index (χ0n) is 21.6. The second-order valence-electron chi connectivity index (χ2n) is 8.94. The average Bonchev–Trinajstić information content (AvgIpc) is 2.94. The van der Waals surface area contributed by atoms with Crippen LogP contribution in [0.25, 0.3) is 10.8 Å². The first-order valence-electron chi connectivity index (χ1n) is 12.6. The number of benzene rings is 4. The molecule has 1 amide bonds. The molecule has 0 bridgehead atoms. The molecule has 4 rings (SSSR count). The van der Waals surface area contributed by atoms with Gasteiger partial charge >= 0.3 is 6.18 Å². The molecule has 0 aromatic heterocycles. The van der Waals surface area contributed by atoms with Gasteiger partial charge in [0.1, 0.15) is 18.1 Å². The van der Waals surface area contributed by atoms with E-state index >= 15 is 0 Å². The lowest BCUT2D eigenvalue weighted by atomic mass is 10.0. The summed E-state index contributed by atoms with van der Waals surface area (Å²) >= 11 is 5.87. The maximum Gasteiger partial charge on any atom is 0.416 e. The van der Waals surface area contributed by atoms with Gasteiger partial charge < -0.3 is 14.7 Å². The fourth-order valence-corrected chi connectivity index (χ4v) is 4.35. The second kappa shape index (κ2) is 12.7. The van der Waals surface area contributed by atoms with Crippen molar-refractivity contribution in [3.63, 3.8) is 0 Å². The highest BCUT2D eigenvalue weighted by molar-refractivity contribution is 6.32. The van der Waals surface area contributed by atoms with E-state index in [1.165, 1.54) is 36.5 Å². The molecular weight excluding hydrogens is 543 g/mol. The average molecular weight is 570 g/mol. The van der Waals surface area contributed by atoms with E-state index in [0.717, 1.165) is 34.9 Å². The minimum absolute atomic E-state index is 0.0652. The quantitative estimate of drug-likeness (QED) is 0.155. The minimum atomic E-state index is -4.37. The lowest BCUT2D eigenvalue weighted by Gasteiger charge is -2.25. The molecule has 0 aliphatic rings. The van der Waals surface area contributed by atoms with Crippen molar-refractivity contribution in [1.29, 1.82) is 0 Å². The van der Waals surface area contributed by atoms with Gasteiger partial charge in [-0.25, -0.2) is 5.43 Å². The molecule has 4 aromatic rings. The Bertz CT molecular complexity index is 1510. The first-order valence-corrected chi connectivity index (χ1v) is 12.9. The van der Waals surface area contributed by atoms with E-state index in [4.69, 9.17) is 16.3 Å². The Balaban J connectivity index is 1.43. The van der Waals surface area contributed by atoms with Crippen LogP contribution >= 0.6 is 11.6 Å². The first-order chi connectivity index (χ1) is 19.2. The third-order valence-corrected chi connectivity index (χ3v) is 6.47. The number of alkyl halides is 3. The Hall–Kier alpha value is -4.24. The molecule has 0 saturated heterocycles. The van der Waals surface area contributed by atoms with Crippen molar-refractivity contribution >= 4 is 40.2 Å². The molecule has 0 spiro atoms. The van der Waals surface area contributed by atoms with Crippen molar-refractivity contribution < 1.29 is 27.8 Å². The number of carbonyl (C=O) groups is 1. The molecule has 10 heteroatoms. The van der Waals surface area contributed by atoms with Gasteiger partial charge in [0.15, 0.2) is 0 Å². The van der Waals surface area contributed by atoms with Crippen molar-refractivity contribution in [3.05, 3.63) is 101 Å². The molecule has 6 nitrogen and oxygen atoms in total. The summed E-state index contributed by atoms with van der Waals surface area (Å²) in [7, 11) is 0. The van der Waals surface area contributed by atoms with Crippen LogP contribution in [0.4, 0.5) is 18.9 Å². The van der Waals surface area contributed by atoms with E-state index in [1.807, 2.05) is 48.2 Å². The highest BCUT2D eigenvalue weighted by Gasteiger charge is 2.30. The number of phenols is 1. The van der Waals surface area contributed by atoms with E-state index in [1.54, 1.807) is 0 Å². The lowest BCUT2D eigenvalue weighted by Crippen LogP contribution is -2.29. The number of halogens is 4. The van der Waals surface area contributed by atoms with Gasteiger partial charge in [0.05, 0.1) is 23.3 Å². The van der Waals surface area contributed by atoms with Gasteiger partial charge in [-0.1, -0.05) is 42.8 Å². The van der Waals surface area contributed by atoms with Crippen LogP contribution in [0.2, 0.25) is 5.02 Å². The van der Waals surface area contributed by atoms with Gasteiger partial charge in [0.2, 0.25) is 0 Å². The van der Waals surface area contributed by atoms with Crippen LogP contribution in [0.5, 0.6) is 11.5 Å². The van der Waals surface area contributed by atoms with Gasteiger partial charge in [-0.2, -0.15) is 18.3 Å². The van der Waals surface area contributed by atoms with Gasteiger partial charge in [-0.05, 0) is 66.4 Å². The molecular formula is C30H27ClF3N3O3. The summed E-state index contributed by atoms with van der Waals surface area (Å²) in [5.41, 5.74) is 3.48. The van der Waals surface area contributed by atoms with E-state index < -0.39 is 17.6 Å². The zero-order chi connectivity index (χ0) is 28.7. The minimum Gasteiger partial charge on any atom is -0.506 e. The third-order valence-electron chi connectivity index (χ3n) is 6.17. The number of nitrogens with zero attached hydrogens (tertiary/aromatic N) is 2. The largest absolute Gasteiger partial charge is 0.506 e. The molecule has 0 radical (unpaired) electrons. The van der Waals surface area contributed by atoms with Crippen LogP contribution in [0.1, 0.15) is 34.8 Å². The topological polar surface area (TPSA) is 74.2 Å². The predicted octanol–water partition coefficient (Wildman–Crippen LogP) is 7.28. The maximum absolute atomic E-state index is 12.9. The molecule has 208 valence electrons. The summed E-state index contributed by atoms with van der Waals surface area (Å²) in [6, 6.07) is 20.5. The van der Waals surface area contributed by atoms with Gasteiger partial charge in [-0.15, -0.1) is 0 Å². The Morgan fingerprint density at radius 3 is 2.42 bits per heavy atom. The number of hydrogen-bond acceptors (Lipinski definition) is 5. The van der Waals surface area contributed by atoms with E-state index in [2.05, 4.69) is 10.5 Å². The number of rotatable bonds is 10. The van der Waals surface area contributed by atoms with Crippen LogP contribution < -0.4 is 15.1 Å². The van der Waals surface area contributed by atoms with Gasteiger partial charge in [-0.3, -0.25) is 4.79 Å². The number of aromatic hydroxyl groups is 1. The Morgan fingerprint density at radius 2 is 1.75 bits per heavy atom. The number of fused-ring (bicyclic) bond motifs is 1. The summed E-state index contributed by atoms with van der Waals surface area (Å²) in [5, 5.41) is 15.4. The second-order valence-corrected chi connectivity index (χ2v) is 9.35. The molecule has 0 aliphatic heterocycles. The smallest absolute Gasteiger partial charge is 0.416 e. The number of anilines is 1. The SMILES string of the molecule is CCCN(CCOc1ccc(/C=N/NC(=O)c2ccc(O)c(Cl)c2)c2ccccc12)c1ccc(C(F)(F)F)cc1. The van der Waals surface area contributed by atoms with Gasteiger partial charge in [0.25, 0.3) is 5.91 Å². The summed E-state index contributed by atoms with van der Waals surface area (Å²) in [6.45, 7) is 3.49. The number of ether oxygens (including phenoxy) is 1. The molecule has 0 aliphatic carbocycles. The first kappa shape index (κ1) is 28.8. The van der Waals surface area contributed by atoms with Crippen LogP contribution in [0.3, 0.4) is 0 Å². The molecule has 0 fully saturated rings. The summed E-state index contributed by atoms with van der Waals surface area (Å²) in [5.74, 6) is 0.0552. The number of carbonyl (C=O) groups excluding carboxylic acids is 1. The van der Waals surface area contributed by atoms with Crippen LogP contribution in [-0.2, 0) is 6.18 Å². The predicted molar refractivity (Wildman–Crippen MR) is 152 cm³/mol. The Kier molecular flexibility index (Phi) is 9.16. The molecule has 4 aromatic carbocycles. The van der Waals surface area contributed by atoms with Crippen LogP contribution in [-0.4, -0.2) is 36.9 Å². The number of nitrogens with one attached hydrogen (secondary N) is 1. The highest BCUT2D eigenvalue weighted by Crippen LogP contribution is 2.31. The maximum atomic E-state index is 12.9. The van der Waals surface area contributed by atoms with Crippen molar-refractivity contribution in [2.24, 2.45) is 5.10 Å². The molecule has 2 N–H and O–H groups in total. The highest BCUT2D eigenvalue weighted by atomic mass is 35.5. The molecule has 0 saturated carbocycles. The molecule has 0 unspecified atom stereocenters. The van der Waals surface area contributed by atoms with Crippen LogP contribution in [0.15, 0.2) is 84.0 Å². The van der Waals surface area contributed by atoms with E-state index in [-0.39, 0.29) is 16.3 Å². The fourth-order valence-electron chi connectivity index (χ4n) is 4.17. The van der Waals surface area contributed by atoms with E-state index in [9.17, 15) is 23.1 Å². The summed E-state index contributed by atoms with van der Waals surface area (Å²) in [4.78, 5) is 14.4. The standard InChI is InChI=1S/C30H27ClF3N3O3/c1-2-15-37(23-11-9-22(10-12-23)30(32,33)34)16-17-40-28-14-8-21(24-5-3-4-6-25(24)28)19-35-36-29(39)20-7-13-27(38)26(31)18-20/h3-14,18-19,38H,2,15-17H2,1H3,(H,36,39)/b35-19+. The molecule has 40 heavy (non-hydrogen) atoms. The number of amides is 1. The number of hydrazone groups is 1. The van der Waals surface area contributed by atoms with Gasteiger partial charge in [0, 0.05) is 28.7 Å². The van der Waals surface area contributed by atoms with E-state index in [0.29, 0.717) is 31.1 Å².